The maximum atomic E-state index is 4.27. The van der Waals surface area contributed by atoms with E-state index in [1.165, 1.54) is 0 Å². The van der Waals surface area contributed by atoms with Crippen molar-refractivity contribution in [2.24, 2.45) is 0 Å². The van der Waals surface area contributed by atoms with Crippen LogP contribution in [0, 0.1) is 0 Å². The second-order valence-electron chi connectivity index (χ2n) is 2.66. The van der Waals surface area contributed by atoms with Crippen LogP contribution in [0.3, 0.4) is 0 Å². The summed E-state index contributed by atoms with van der Waals surface area (Å²) < 4.78 is 0. The van der Waals surface area contributed by atoms with E-state index >= 15 is 0 Å². The van der Waals surface area contributed by atoms with Gasteiger partial charge in [-0.25, -0.2) is 9.99 Å². The molecule has 0 aromatic carbocycles. The van der Waals surface area contributed by atoms with Crippen molar-refractivity contribution >= 4 is 11.6 Å². The topological polar surface area (TPSA) is 40.2 Å². The number of aromatic nitrogens is 1. The van der Waals surface area contributed by atoms with Gasteiger partial charge in [0.25, 0.3) is 0 Å². The van der Waals surface area contributed by atoms with E-state index in [-0.39, 0.29) is 0 Å². The molecule has 0 radical (unpaired) electrons. The van der Waals surface area contributed by atoms with Crippen LogP contribution in [0.4, 0.5) is 11.6 Å². The fourth-order valence-electron chi connectivity index (χ4n) is 0.865. The minimum atomic E-state index is 0.840. The minimum absolute atomic E-state index is 0.840. The summed E-state index contributed by atoms with van der Waals surface area (Å²) in [7, 11) is 5.70. The summed E-state index contributed by atoms with van der Waals surface area (Å²) >= 11 is 0. The highest BCUT2D eigenvalue weighted by atomic mass is 15.5. The minimum Gasteiger partial charge on any atom is -0.373 e. The molecule has 0 saturated heterocycles. The predicted molar refractivity (Wildman–Crippen MR) is 51.1 cm³/mol. The van der Waals surface area contributed by atoms with Crippen LogP contribution in [-0.2, 0) is 0 Å². The number of hydrogen-bond acceptors (Lipinski definition) is 4. The Kier molecular flexibility index (Phi) is 2.88. The molecule has 0 fully saturated rings. The van der Waals surface area contributed by atoms with Crippen LogP contribution in [-0.4, -0.2) is 31.1 Å². The molecule has 0 aliphatic rings. The number of rotatable bonds is 3. The standard InChI is InChI=1S/C8H14N4/c1-9-7-5-4-6-8(10-7)11-12(2)3/h4-6H,1-3H3,(H2,9,10,11). The van der Waals surface area contributed by atoms with E-state index in [0.29, 0.717) is 0 Å². The lowest BCUT2D eigenvalue weighted by atomic mass is 10.4. The summed E-state index contributed by atoms with van der Waals surface area (Å²) in [6.45, 7) is 0. The molecular weight excluding hydrogens is 152 g/mol. The summed E-state index contributed by atoms with van der Waals surface area (Å²) in [5.74, 6) is 1.70. The first-order valence-corrected chi connectivity index (χ1v) is 3.81. The number of hydrogen-bond donors (Lipinski definition) is 2. The van der Waals surface area contributed by atoms with Crippen LogP contribution in [0.1, 0.15) is 0 Å². The normalized spacial score (nSPS) is 10.0. The first kappa shape index (κ1) is 8.80. The second-order valence-corrected chi connectivity index (χ2v) is 2.66. The van der Waals surface area contributed by atoms with Crippen LogP contribution in [0.2, 0.25) is 0 Å². The van der Waals surface area contributed by atoms with Crippen molar-refractivity contribution in [3.63, 3.8) is 0 Å². The van der Waals surface area contributed by atoms with Crippen molar-refractivity contribution < 1.29 is 0 Å². The SMILES string of the molecule is CNc1cccc(NN(C)C)n1. The predicted octanol–water partition coefficient (Wildman–Crippen LogP) is 1.01. The first-order chi connectivity index (χ1) is 5.72. The van der Waals surface area contributed by atoms with Gasteiger partial charge < -0.3 is 10.7 Å². The van der Waals surface area contributed by atoms with Gasteiger partial charge in [-0.1, -0.05) is 6.07 Å². The summed E-state index contributed by atoms with van der Waals surface area (Å²) in [6, 6.07) is 5.78. The number of nitrogens with one attached hydrogen (secondary N) is 2. The molecule has 0 saturated carbocycles. The molecule has 0 spiro atoms. The lowest BCUT2D eigenvalue weighted by molar-refractivity contribution is 0.492. The van der Waals surface area contributed by atoms with E-state index in [2.05, 4.69) is 15.7 Å². The Labute approximate surface area is 72.6 Å². The molecule has 0 bridgehead atoms. The fourth-order valence-corrected chi connectivity index (χ4v) is 0.865. The molecule has 0 amide bonds. The molecular formula is C8H14N4. The van der Waals surface area contributed by atoms with Gasteiger partial charge >= 0.3 is 0 Å². The van der Waals surface area contributed by atoms with E-state index in [1.54, 1.807) is 0 Å². The van der Waals surface area contributed by atoms with Crippen LogP contribution < -0.4 is 10.7 Å². The van der Waals surface area contributed by atoms with E-state index in [4.69, 9.17) is 0 Å². The molecule has 1 aromatic heterocycles. The highest BCUT2D eigenvalue weighted by molar-refractivity contribution is 5.43. The van der Waals surface area contributed by atoms with Gasteiger partial charge in [-0.15, -0.1) is 0 Å². The second kappa shape index (κ2) is 3.92. The van der Waals surface area contributed by atoms with Gasteiger partial charge in [0.2, 0.25) is 0 Å². The van der Waals surface area contributed by atoms with Gasteiger partial charge in [-0.2, -0.15) is 0 Å². The van der Waals surface area contributed by atoms with E-state index < -0.39 is 0 Å². The third kappa shape index (κ3) is 2.39. The van der Waals surface area contributed by atoms with Crippen molar-refractivity contribution in [3.05, 3.63) is 18.2 Å². The van der Waals surface area contributed by atoms with Gasteiger partial charge in [0.15, 0.2) is 0 Å². The van der Waals surface area contributed by atoms with E-state index in [9.17, 15) is 0 Å². The molecule has 66 valence electrons. The lowest BCUT2D eigenvalue weighted by Crippen LogP contribution is -2.20. The van der Waals surface area contributed by atoms with E-state index in [1.807, 2.05) is 44.4 Å². The van der Waals surface area contributed by atoms with Gasteiger partial charge in [0, 0.05) is 21.1 Å². The lowest BCUT2D eigenvalue weighted by Gasteiger charge is -2.12. The zero-order valence-corrected chi connectivity index (χ0v) is 7.63. The largest absolute Gasteiger partial charge is 0.373 e. The summed E-state index contributed by atoms with van der Waals surface area (Å²) in [5, 5.41) is 4.82. The Morgan fingerprint density at radius 1 is 1.25 bits per heavy atom. The van der Waals surface area contributed by atoms with Crippen LogP contribution in [0.5, 0.6) is 0 Å². The van der Waals surface area contributed by atoms with E-state index in [0.717, 1.165) is 11.6 Å². The molecule has 0 unspecified atom stereocenters. The molecule has 1 aromatic rings. The molecule has 1 rings (SSSR count). The third-order valence-electron chi connectivity index (χ3n) is 1.34. The maximum Gasteiger partial charge on any atom is 0.142 e. The van der Waals surface area contributed by atoms with Crippen LogP contribution in [0.15, 0.2) is 18.2 Å². The first-order valence-electron chi connectivity index (χ1n) is 3.81. The van der Waals surface area contributed by atoms with Gasteiger partial charge in [-0.3, -0.25) is 0 Å². The third-order valence-corrected chi connectivity index (χ3v) is 1.34. The molecule has 1 heterocycles. The Morgan fingerprint density at radius 2 is 1.92 bits per heavy atom. The van der Waals surface area contributed by atoms with Gasteiger partial charge in [-0.05, 0) is 12.1 Å². The molecule has 4 heteroatoms. The number of anilines is 2. The van der Waals surface area contributed by atoms with Crippen molar-refractivity contribution in [3.8, 4) is 0 Å². The Hall–Kier alpha value is -1.29. The Bertz CT molecular complexity index is 247. The quantitative estimate of drug-likeness (QED) is 0.657. The summed E-state index contributed by atoms with van der Waals surface area (Å²) in [6.07, 6.45) is 0. The van der Waals surface area contributed by atoms with Gasteiger partial charge in [0.1, 0.15) is 11.6 Å². The maximum absolute atomic E-state index is 4.27. The molecule has 0 atom stereocenters. The molecule has 0 aliphatic heterocycles. The zero-order valence-electron chi connectivity index (χ0n) is 7.63. The average molecular weight is 166 g/mol. The molecule has 0 aliphatic carbocycles. The van der Waals surface area contributed by atoms with Crippen molar-refractivity contribution in [1.82, 2.24) is 9.99 Å². The highest BCUT2D eigenvalue weighted by Gasteiger charge is 1.94. The average Bonchev–Trinajstić information content (AvgIpc) is 2.03. The Balaban J connectivity index is 2.72. The zero-order chi connectivity index (χ0) is 8.97. The highest BCUT2D eigenvalue weighted by Crippen LogP contribution is 2.07. The van der Waals surface area contributed by atoms with Crippen molar-refractivity contribution in [1.29, 1.82) is 0 Å². The van der Waals surface area contributed by atoms with Crippen molar-refractivity contribution in [2.45, 2.75) is 0 Å². The summed E-state index contributed by atoms with van der Waals surface area (Å²) in [4.78, 5) is 4.27. The molecule has 4 nitrogen and oxygen atoms in total. The monoisotopic (exact) mass is 166 g/mol. The number of hydrazine groups is 1. The van der Waals surface area contributed by atoms with Crippen molar-refractivity contribution in [2.75, 3.05) is 31.9 Å². The summed E-state index contributed by atoms with van der Waals surface area (Å²) in [5.41, 5.74) is 3.06. The van der Waals surface area contributed by atoms with Crippen LogP contribution in [0.25, 0.3) is 0 Å². The number of nitrogens with zero attached hydrogens (tertiary/aromatic N) is 2. The number of pyridine rings is 1. The fraction of sp³-hybridized carbons (Fsp3) is 0.375. The van der Waals surface area contributed by atoms with Crippen LogP contribution >= 0.6 is 0 Å². The molecule has 2 N–H and O–H groups in total. The molecule has 12 heavy (non-hydrogen) atoms. The smallest absolute Gasteiger partial charge is 0.142 e. The Morgan fingerprint density at radius 3 is 2.50 bits per heavy atom. The van der Waals surface area contributed by atoms with Gasteiger partial charge in [0.05, 0.1) is 0 Å².